The fraction of sp³-hybridized carbons (Fsp3) is 0.250. The molecule has 0 fully saturated rings. The quantitative estimate of drug-likeness (QED) is 0.668. The van der Waals surface area contributed by atoms with Crippen LogP contribution in [0.4, 0.5) is 5.69 Å². The molecule has 1 unspecified atom stereocenters. The molecule has 2 aromatic carbocycles. The van der Waals surface area contributed by atoms with Gasteiger partial charge in [0.15, 0.2) is 0 Å². The summed E-state index contributed by atoms with van der Waals surface area (Å²) in [5, 5.41) is 4.74. The maximum Gasteiger partial charge on any atom is 0.133 e. The molecule has 0 saturated carbocycles. The number of anilines is 1. The van der Waals surface area contributed by atoms with Crippen molar-refractivity contribution in [3.05, 3.63) is 56.0 Å². The Morgan fingerprint density at radius 3 is 2.48 bits per heavy atom. The average Bonchev–Trinajstić information content (AvgIpc) is 2.44. The van der Waals surface area contributed by atoms with E-state index in [2.05, 4.69) is 28.2 Å². The molecule has 0 amide bonds. The molecule has 1 N–H and O–H groups in total. The van der Waals surface area contributed by atoms with Gasteiger partial charge in [-0.2, -0.15) is 0 Å². The smallest absolute Gasteiger partial charge is 0.133 e. The van der Waals surface area contributed by atoms with E-state index in [1.54, 1.807) is 7.11 Å². The van der Waals surface area contributed by atoms with Crippen LogP contribution in [-0.2, 0) is 0 Å². The van der Waals surface area contributed by atoms with Crippen molar-refractivity contribution in [2.45, 2.75) is 19.9 Å². The summed E-state index contributed by atoms with van der Waals surface area (Å²) in [6.07, 6.45) is 0. The topological polar surface area (TPSA) is 21.3 Å². The van der Waals surface area contributed by atoms with Crippen molar-refractivity contribution in [3.63, 3.8) is 0 Å². The van der Waals surface area contributed by atoms with Crippen LogP contribution in [0, 0.1) is 6.92 Å². The lowest BCUT2D eigenvalue weighted by atomic mass is 10.1. The van der Waals surface area contributed by atoms with E-state index < -0.39 is 0 Å². The first kappa shape index (κ1) is 16.5. The van der Waals surface area contributed by atoms with Crippen molar-refractivity contribution in [3.8, 4) is 5.75 Å². The third kappa shape index (κ3) is 3.85. The second-order valence-electron chi connectivity index (χ2n) is 4.84. The molecular weight excluding hydrogens is 373 g/mol. The number of methoxy groups -OCH3 is 1. The first-order valence-corrected chi connectivity index (χ1v) is 8.03. The Hall–Kier alpha value is -0.900. The SMILES string of the molecule is COc1ccc(C(C)Nc2cc(Cl)c(C)cc2Cl)cc1Br. The van der Waals surface area contributed by atoms with Crippen molar-refractivity contribution in [1.29, 1.82) is 0 Å². The fourth-order valence-corrected chi connectivity index (χ4v) is 3.02. The summed E-state index contributed by atoms with van der Waals surface area (Å²) >= 11 is 15.9. The lowest BCUT2D eigenvalue weighted by Gasteiger charge is -2.18. The van der Waals surface area contributed by atoms with E-state index in [-0.39, 0.29) is 6.04 Å². The average molecular weight is 389 g/mol. The summed E-state index contributed by atoms with van der Waals surface area (Å²) < 4.78 is 6.16. The molecule has 0 bridgehead atoms. The first-order valence-electron chi connectivity index (χ1n) is 6.48. The van der Waals surface area contributed by atoms with Crippen LogP contribution in [0.5, 0.6) is 5.75 Å². The number of hydrogen-bond donors (Lipinski definition) is 1. The molecule has 0 radical (unpaired) electrons. The Labute approximate surface area is 143 Å². The van der Waals surface area contributed by atoms with Crippen LogP contribution in [0.2, 0.25) is 10.0 Å². The number of rotatable bonds is 4. The maximum atomic E-state index is 6.26. The number of benzene rings is 2. The largest absolute Gasteiger partial charge is 0.496 e. The second kappa shape index (κ2) is 6.91. The van der Waals surface area contributed by atoms with Crippen LogP contribution in [0.1, 0.15) is 24.1 Å². The van der Waals surface area contributed by atoms with Crippen molar-refractivity contribution in [2.75, 3.05) is 12.4 Å². The molecule has 0 aliphatic heterocycles. The summed E-state index contributed by atoms with van der Waals surface area (Å²) in [5.74, 6) is 0.808. The fourth-order valence-electron chi connectivity index (χ4n) is 2.03. The second-order valence-corrected chi connectivity index (χ2v) is 6.51. The summed E-state index contributed by atoms with van der Waals surface area (Å²) in [6.45, 7) is 4.00. The van der Waals surface area contributed by atoms with Gasteiger partial charge in [0.1, 0.15) is 5.75 Å². The maximum absolute atomic E-state index is 6.26. The van der Waals surface area contributed by atoms with Crippen molar-refractivity contribution >= 4 is 44.8 Å². The van der Waals surface area contributed by atoms with E-state index >= 15 is 0 Å². The van der Waals surface area contributed by atoms with Gasteiger partial charge in [-0.1, -0.05) is 29.3 Å². The van der Waals surface area contributed by atoms with Gasteiger partial charge in [0.25, 0.3) is 0 Å². The molecule has 0 aromatic heterocycles. The van der Waals surface area contributed by atoms with Crippen LogP contribution in [0.25, 0.3) is 0 Å². The summed E-state index contributed by atoms with van der Waals surface area (Å²) in [5.41, 5.74) is 2.91. The molecule has 0 aliphatic carbocycles. The summed E-state index contributed by atoms with van der Waals surface area (Å²) in [4.78, 5) is 0. The monoisotopic (exact) mass is 387 g/mol. The molecule has 5 heteroatoms. The van der Waals surface area contributed by atoms with Crippen molar-refractivity contribution in [1.82, 2.24) is 0 Å². The van der Waals surface area contributed by atoms with Crippen molar-refractivity contribution in [2.24, 2.45) is 0 Å². The van der Waals surface area contributed by atoms with Crippen LogP contribution < -0.4 is 10.1 Å². The van der Waals surface area contributed by atoms with E-state index in [0.717, 1.165) is 27.0 Å². The highest BCUT2D eigenvalue weighted by molar-refractivity contribution is 9.10. The van der Waals surface area contributed by atoms with Gasteiger partial charge < -0.3 is 10.1 Å². The molecule has 0 aliphatic rings. The first-order chi connectivity index (χ1) is 9.92. The standard InChI is InChI=1S/C16H16BrCl2NO/c1-9-6-14(19)15(8-13(9)18)20-10(2)11-4-5-16(21-3)12(17)7-11/h4-8,10,20H,1-3H3. The molecule has 2 aromatic rings. The van der Waals surface area contributed by atoms with Crippen LogP contribution in [0.15, 0.2) is 34.8 Å². The minimum atomic E-state index is 0.0866. The van der Waals surface area contributed by atoms with E-state index in [1.165, 1.54) is 0 Å². The van der Waals surface area contributed by atoms with E-state index in [4.69, 9.17) is 27.9 Å². The van der Waals surface area contributed by atoms with Gasteiger partial charge in [0.05, 0.1) is 22.3 Å². The zero-order valence-electron chi connectivity index (χ0n) is 12.0. The zero-order valence-corrected chi connectivity index (χ0v) is 15.1. The molecule has 0 spiro atoms. The van der Waals surface area contributed by atoms with E-state index in [9.17, 15) is 0 Å². The lowest BCUT2D eigenvalue weighted by Crippen LogP contribution is -2.07. The summed E-state index contributed by atoms with van der Waals surface area (Å²) in [7, 11) is 1.65. The molecule has 2 nitrogen and oxygen atoms in total. The predicted octanol–water partition coefficient (Wildman–Crippen LogP) is 6.25. The van der Waals surface area contributed by atoms with Gasteiger partial charge in [-0.3, -0.25) is 0 Å². The number of nitrogens with one attached hydrogen (secondary N) is 1. The van der Waals surface area contributed by atoms with Gasteiger partial charge in [0, 0.05) is 11.1 Å². The molecule has 2 rings (SSSR count). The van der Waals surface area contributed by atoms with Gasteiger partial charge in [-0.15, -0.1) is 0 Å². The molecule has 112 valence electrons. The Morgan fingerprint density at radius 1 is 1.14 bits per heavy atom. The highest BCUT2D eigenvalue weighted by Gasteiger charge is 2.11. The Balaban J connectivity index is 2.23. The minimum Gasteiger partial charge on any atom is -0.496 e. The lowest BCUT2D eigenvalue weighted by molar-refractivity contribution is 0.412. The third-order valence-corrected chi connectivity index (χ3v) is 4.64. The van der Waals surface area contributed by atoms with Gasteiger partial charge >= 0.3 is 0 Å². The number of aryl methyl sites for hydroxylation is 1. The third-order valence-electron chi connectivity index (χ3n) is 3.30. The number of ether oxygens (including phenoxy) is 1. The van der Waals surface area contributed by atoms with E-state index in [1.807, 2.05) is 37.3 Å². The van der Waals surface area contributed by atoms with Gasteiger partial charge in [0.2, 0.25) is 0 Å². The van der Waals surface area contributed by atoms with Crippen LogP contribution in [-0.4, -0.2) is 7.11 Å². The van der Waals surface area contributed by atoms with Gasteiger partial charge in [-0.05, 0) is 65.2 Å². The highest BCUT2D eigenvalue weighted by atomic mass is 79.9. The summed E-state index contributed by atoms with van der Waals surface area (Å²) in [6, 6.07) is 9.78. The Bertz CT molecular complexity index is 661. The highest BCUT2D eigenvalue weighted by Crippen LogP contribution is 2.33. The number of halogens is 3. The molecule has 21 heavy (non-hydrogen) atoms. The Morgan fingerprint density at radius 2 is 1.86 bits per heavy atom. The van der Waals surface area contributed by atoms with Crippen molar-refractivity contribution < 1.29 is 4.74 Å². The molecular formula is C16H16BrCl2NO. The van der Waals surface area contributed by atoms with E-state index in [0.29, 0.717) is 10.0 Å². The zero-order chi connectivity index (χ0) is 15.6. The molecule has 0 heterocycles. The minimum absolute atomic E-state index is 0.0866. The molecule has 1 atom stereocenters. The molecule has 0 saturated heterocycles. The number of hydrogen-bond acceptors (Lipinski definition) is 2. The van der Waals surface area contributed by atoms with Crippen LogP contribution >= 0.6 is 39.1 Å². The van der Waals surface area contributed by atoms with Gasteiger partial charge in [-0.25, -0.2) is 0 Å². The van der Waals surface area contributed by atoms with Crippen LogP contribution in [0.3, 0.4) is 0 Å². The Kier molecular flexibility index (Phi) is 5.42. The predicted molar refractivity (Wildman–Crippen MR) is 93.9 cm³/mol. The normalized spacial score (nSPS) is 12.1.